The van der Waals surface area contributed by atoms with E-state index >= 15 is 0 Å². The van der Waals surface area contributed by atoms with Gasteiger partial charge in [-0.2, -0.15) is 4.31 Å². The lowest BCUT2D eigenvalue weighted by atomic mass is 9.87. The Morgan fingerprint density at radius 3 is 2.52 bits per heavy atom. The first kappa shape index (κ1) is 20.2. The van der Waals surface area contributed by atoms with Crippen molar-refractivity contribution < 1.29 is 23.0 Å². The summed E-state index contributed by atoms with van der Waals surface area (Å²) in [6.45, 7) is 6.02. The Morgan fingerprint density at radius 1 is 1.32 bits per heavy atom. The molecule has 1 aliphatic heterocycles. The van der Waals surface area contributed by atoms with Crippen molar-refractivity contribution in [2.75, 3.05) is 26.0 Å². The second kappa shape index (κ2) is 8.03. The van der Waals surface area contributed by atoms with E-state index in [4.69, 9.17) is 9.47 Å². The molecule has 6 nitrogen and oxygen atoms in total. The zero-order valence-corrected chi connectivity index (χ0v) is 16.3. The van der Waals surface area contributed by atoms with Crippen molar-refractivity contribution in [2.45, 2.75) is 51.4 Å². The molecule has 25 heavy (non-hydrogen) atoms. The highest BCUT2D eigenvalue weighted by molar-refractivity contribution is 7.89. The van der Waals surface area contributed by atoms with E-state index in [-0.39, 0.29) is 18.5 Å². The van der Waals surface area contributed by atoms with Gasteiger partial charge in [-0.05, 0) is 51.3 Å². The summed E-state index contributed by atoms with van der Waals surface area (Å²) in [7, 11) is -1.90. The van der Waals surface area contributed by atoms with Gasteiger partial charge in [0.25, 0.3) is 0 Å². The maximum atomic E-state index is 12.7. The van der Waals surface area contributed by atoms with E-state index in [1.165, 1.54) is 4.31 Å². The number of rotatable bonds is 8. The largest absolute Gasteiger partial charge is 0.497 e. The van der Waals surface area contributed by atoms with E-state index in [0.717, 1.165) is 6.42 Å². The number of nitrogens with zero attached hydrogens (tertiary/aromatic N) is 1. The molecule has 2 atom stereocenters. The van der Waals surface area contributed by atoms with Crippen molar-refractivity contribution in [3.05, 3.63) is 29.8 Å². The van der Waals surface area contributed by atoms with E-state index in [1.807, 2.05) is 13.8 Å². The van der Waals surface area contributed by atoms with Gasteiger partial charge in [0.2, 0.25) is 10.0 Å². The van der Waals surface area contributed by atoms with Gasteiger partial charge in [0.05, 0.1) is 31.6 Å². The van der Waals surface area contributed by atoms with Crippen molar-refractivity contribution >= 4 is 10.0 Å². The number of hydrogen-bond donors (Lipinski definition) is 1. The smallest absolute Gasteiger partial charge is 0.216 e. The van der Waals surface area contributed by atoms with Crippen LogP contribution < -0.4 is 4.74 Å². The quantitative estimate of drug-likeness (QED) is 0.757. The molecule has 1 fully saturated rings. The van der Waals surface area contributed by atoms with Crippen LogP contribution in [0.3, 0.4) is 0 Å². The number of ether oxygens (including phenoxy) is 2. The second-order valence-corrected chi connectivity index (χ2v) is 8.92. The third-order valence-corrected chi connectivity index (χ3v) is 6.51. The fraction of sp³-hybridized carbons (Fsp3) is 0.667. The molecule has 0 radical (unpaired) electrons. The molecule has 1 saturated heterocycles. The molecule has 1 N–H and O–H groups in total. The third-order valence-electron chi connectivity index (χ3n) is 4.68. The third kappa shape index (κ3) is 4.73. The number of methoxy groups -OCH3 is 1. The molecule has 0 unspecified atom stereocenters. The highest BCUT2D eigenvalue weighted by atomic mass is 32.2. The van der Waals surface area contributed by atoms with Crippen molar-refractivity contribution in [2.24, 2.45) is 0 Å². The van der Waals surface area contributed by atoms with Crippen LogP contribution in [0, 0.1) is 0 Å². The Balaban J connectivity index is 2.18. The maximum absolute atomic E-state index is 12.7. The highest BCUT2D eigenvalue weighted by Gasteiger charge is 2.45. The summed E-state index contributed by atoms with van der Waals surface area (Å²) in [6, 6.07) is 6.63. The molecule has 0 aromatic heterocycles. The van der Waals surface area contributed by atoms with E-state index < -0.39 is 21.7 Å². The Labute approximate surface area is 150 Å². The molecule has 0 aliphatic carbocycles. The van der Waals surface area contributed by atoms with Gasteiger partial charge in [-0.1, -0.05) is 12.1 Å². The lowest BCUT2D eigenvalue weighted by Crippen LogP contribution is -2.49. The normalized spacial score (nSPS) is 21.4. The van der Waals surface area contributed by atoms with Gasteiger partial charge in [0.1, 0.15) is 11.4 Å². The molecule has 1 aliphatic rings. The van der Waals surface area contributed by atoms with Crippen molar-refractivity contribution in [3.63, 3.8) is 0 Å². The lowest BCUT2D eigenvalue weighted by molar-refractivity contribution is -0.000986. The van der Waals surface area contributed by atoms with Crippen LogP contribution in [-0.4, -0.2) is 56.0 Å². The summed E-state index contributed by atoms with van der Waals surface area (Å²) in [5.41, 5.74) is -0.590. The average molecular weight is 371 g/mol. The van der Waals surface area contributed by atoms with Gasteiger partial charge in [-0.15, -0.1) is 0 Å². The molecule has 0 saturated carbocycles. The summed E-state index contributed by atoms with van der Waals surface area (Å²) in [4.78, 5) is 0. The summed E-state index contributed by atoms with van der Waals surface area (Å²) in [5, 5.41) is 11.1. The Hall–Kier alpha value is -1.15. The van der Waals surface area contributed by atoms with Crippen LogP contribution in [-0.2, 0) is 20.4 Å². The van der Waals surface area contributed by atoms with E-state index in [9.17, 15) is 13.5 Å². The van der Waals surface area contributed by atoms with Crippen molar-refractivity contribution in [3.8, 4) is 5.75 Å². The first-order valence-corrected chi connectivity index (χ1v) is 10.3. The Kier molecular flexibility index (Phi) is 6.48. The van der Waals surface area contributed by atoms with Crippen LogP contribution >= 0.6 is 0 Å². The standard InChI is InChI=1S/C18H29NO5S/c1-14(2)24-12-13-25(21,22)19-11-5-6-17(19)18(3,20)15-7-9-16(23-4)10-8-15/h7-10,14,17,20H,5-6,11-13H2,1-4H3/t17-,18+/m0/s1. The minimum Gasteiger partial charge on any atom is -0.497 e. The SMILES string of the molecule is COc1ccc([C@@](C)(O)[C@@H]2CCCN2S(=O)(=O)CCOC(C)C)cc1. The second-order valence-electron chi connectivity index (χ2n) is 6.88. The van der Waals surface area contributed by atoms with Crippen molar-refractivity contribution in [1.82, 2.24) is 4.31 Å². The van der Waals surface area contributed by atoms with Gasteiger partial charge in [0, 0.05) is 6.54 Å². The molecule has 7 heteroatoms. The van der Waals surface area contributed by atoms with Gasteiger partial charge in [-0.3, -0.25) is 0 Å². The molecular weight excluding hydrogens is 342 g/mol. The van der Waals surface area contributed by atoms with E-state index in [1.54, 1.807) is 38.3 Å². The summed E-state index contributed by atoms with van der Waals surface area (Å²) < 4.78 is 37.4. The first-order valence-electron chi connectivity index (χ1n) is 8.66. The highest BCUT2D eigenvalue weighted by Crippen LogP contribution is 2.36. The number of sulfonamides is 1. The molecular formula is C18H29NO5S. The zero-order valence-electron chi connectivity index (χ0n) is 15.4. The van der Waals surface area contributed by atoms with Gasteiger partial charge in [0.15, 0.2) is 0 Å². The maximum Gasteiger partial charge on any atom is 0.216 e. The Bertz CT molecular complexity index is 655. The predicted molar refractivity (Wildman–Crippen MR) is 97.2 cm³/mol. The minimum atomic E-state index is -3.49. The van der Waals surface area contributed by atoms with Crippen LogP contribution in [0.4, 0.5) is 0 Å². The number of benzene rings is 1. The zero-order chi connectivity index (χ0) is 18.7. The molecule has 0 amide bonds. The van der Waals surface area contributed by atoms with Gasteiger partial charge < -0.3 is 14.6 Å². The van der Waals surface area contributed by atoms with Crippen LogP contribution in [0.25, 0.3) is 0 Å². The fourth-order valence-electron chi connectivity index (χ4n) is 3.26. The van der Waals surface area contributed by atoms with E-state index in [2.05, 4.69) is 0 Å². The molecule has 0 bridgehead atoms. The molecule has 1 aromatic rings. The van der Waals surface area contributed by atoms with Gasteiger partial charge in [-0.25, -0.2) is 8.42 Å². The fourth-order valence-corrected chi connectivity index (χ4v) is 4.91. The lowest BCUT2D eigenvalue weighted by Gasteiger charge is -2.36. The first-order chi connectivity index (χ1) is 11.7. The van der Waals surface area contributed by atoms with Crippen LogP contribution in [0.1, 0.15) is 39.2 Å². The molecule has 142 valence electrons. The molecule has 1 heterocycles. The summed E-state index contributed by atoms with van der Waals surface area (Å²) >= 11 is 0. The van der Waals surface area contributed by atoms with Crippen LogP contribution in [0.15, 0.2) is 24.3 Å². The van der Waals surface area contributed by atoms with Crippen LogP contribution in [0.5, 0.6) is 5.75 Å². The van der Waals surface area contributed by atoms with Crippen LogP contribution in [0.2, 0.25) is 0 Å². The monoisotopic (exact) mass is 371 g/mol. The van der Waals surface area contributed by atoms with Crippen molar-refractivity contribution in [1.29, 1.82) is 0 Å². The summed E-state index contributed by atoms with van der Waals surface area (Å²) in [5.74, 6) is 0.627. The molecule has 0 spiro atoms. The molecule has 1 aromatic carbocycles. The topological polar surface area (TPSA) is 76.1 Å². The average Bonchev–Trinajstić information content (AvgIpc) is 3.06. The Morgan fingerprint density at radius 2 is 1.96 bits per heavy atom. The summed E-state index contributed by atoms with van der Waals surface area (Å²) in [6.07, 6.45) is 1.36. The predicted octanol–water partition coefficient (Wildman–Crippen LogP) is 2.12. The molecule has 2 rings (SSSR count). The van der Waals surface area contributed by atoms with Gasteiger partial charge >= 0.3 is 0 Å². The number of hydrogen-bond acceptors (Lipinski definition) is 5. The number of aliphatic hydroxyl groups is 1. The minimum absolute atomic E-state index is 0.00742. The van der Waals surface area contributed by atoms with E-state index in [0.29, 0.717) is 24.3 Å².